The Labute approximate surface area is 413 Å². The predicted octanol–water partition coefficient (Wildman–Crippen LogP) is 16.3. The van der Waals surface area contributed by atoms with Gasteiger partial charge in [-0.25, -0.2) is 4.57 Å². The fourth-order valence-corrected chi connectivity index (χ4v) is 8.05. The number of hydrogen-bond acceptors (Lipinski definition) is 5. The minimum atomic E-state index is -4.35. The molecule has 0 saturated carbocycles. The Balaban J connectivity index is 4.22. The van der Waals surface area contributed by atoms with Crippen LogP contribution in [0.3, 0.4) is 0 Å². The average molecular weight is 956 g/mol. The molecule has 67 heavy (non-hydrogen) atoms. The molecule has 0 aromatic heterocycles. The first-order valence-electron chi connectivity index (χ1n) is 27.1. The molecule has 8 nitrogen and oxygen atoms in total. The number of quaternary nitrogens is 1. The summed E-state index contributed by atoms with van der Waals surface area (Å²) in [5, 5.41) is 13.9. The van der Waals surface area contributed by atoms with Crippen molar-refractivity contribution >= 4 is 13.7 Å². The van der Waals surface area contributed by atoms with Crippen LogP contribution in [0.2, 0.25) is 0 Å². The summed E-state index contributed by atoms with van der Waals surface area (Å²) in [7, 11) is 1.56. The molecule has 0 heterocycles. The van der Waals surface area contributed by atoms with Gasteiger partial charge in [0.15, 0.2) is 0 Å². The molecule has 0 aromatic rings. The summed E-state index contributed by atoms with van der Waals surface area (Å²) in [6, 6.07) is -0.855. The topological polar surface area (TPSA) is 105 Å². The van der Waals surface area contributed by atoms with Gasteiger partial charge in [-0.1, -0.05) is 227 Å². The van der Waals surface area contributed by atoms with Gasteiger partial charge in [-0.15, -0.1) is 0 Å². The number of unbranched alkanes of at least 4 members (excludes halogenated alkanes) is 21. The van der Waals surface area contributed by atoms with Crippen molar-refractivity contribution in [2.45, 2.75) is 225 Å². The van der Waals surface area contributed by atoms with E-state index >= 15 is 0 Å². The molecule has 1 amide bonds. The minimum absolute atomic E-state index is 0.0558. The summed E-state index contributed by atoms with van der Waals surface area (Å²) in [5.74, 6) is -0.188. The van der Waals surface area contributed by atoms with Gasteiger partial charge >= 0.3 is 7.82 Å². The fraction of sp³-hybridized carbons (Fsp3) is 0.707. The second-order valence-corrected chi connectivity index (χ2v) is 20.7. The van der Waals surface area contributed by atoms with Gasteiger partial charge in [-0.2, -0.15) is 0 Å². The summed E-state index contributed by atoms with van der Waals surface area (Å²) >= 11 is 0. The number of phosphoric ester groups is 1. The van der Waals surface area contributed by atoms with Crippen molar-refractivity contribution < 1.29 is 32.9 Å². The number of amides is 1. The molecular weight excluding hydrogens is 852 g/mol. The van der Waals surface area contributed by atoms with E-state index in [0.717, 1.165) is 89.9 Å². The molecule has 3 unspecified atom stereocenters. The van der Waals surface area contributed by atoms with E-state index in [9.17, 15) is 19.4 Å². The second kappa shape index (κ2) is 48.4. The number of allylic oxidation sites excluding steroid dienone is 15. The van der Waals surface area contributed by atoms with Gasteiger partial charge in [0.05, 0.1) is 39.9 Å². The molecule has 386 valence electrons. The molecule has 0 aromatic carbocycles. The zero-order valence-corrected chi connectivity index (χ0v) is 44.8. The lowest BCUT2D eigenvalue weighted by molar-refractivity contribution is -0.870. The van der Waals surface area contributed by atoms with E-state index in [-0.39, 0.29) is 19.1 Å². The number of rotatable bonds is 48. The highest BCUT2D eigenvalue weighted by atomic mass is 31.2. The Hall–Kier alpha value is -2.58. The summed E-state index contributed by atoms with van der Waals surface area (Å²) < 4.78 is 23.6. The quantitative estimate of drug-likeness (QED) is 0.0243. The molecule has 0 aliphatic carbocycles. The third-order valence-corrected chi connectivity index (χ3v) is 12.5. The van der Waals surface area contributed by atoms with Crippen LogP contribution in [-0.4, -0.2) is 73.4 Å². The zero-order valence-electron chi connectivity index (χ0n) is 43.9. The summed E-state index contributed by atoms with van der Waals surface area (Å²) in [6.07, 6.45) is 69.2. The summed E-state index contributed by atoms with van der Waals surface area (Å²) in [4.78, 5) is 23.2. The van der Waals surface area contributed by atoms with Crippen molar-refractivity contribution in [1.29, 1.82) is 0 Å². The molecule has 3 atom stereocenters. The first-order chi connectivity index (χ1) is 32.5. The first kappa shape index (κ1) is 64.4. The van der Waals surface area contributed by atoms with E-state index in [1.54, 1.807) is 6.08 Å². The molecule has 0 saturated heterocycles. The van der Waals surface area contributed by atoms with Crippen LogP contribution in [0.4, 0.5) is 0 Å². The Kier molecular flexibility index (Phi) is 46.6. The van der Waals surface area contributed by atoms with Gasteiger partial charge < -0.3 is 19.8 Å². The average Bonchev–Trinajstić information content (AvgIpc) is 3.29. The second-order valence-electron chi connectivity index (χ2n) is 19.2. The standard InChI is InChI=1S/C58H103N2O6P/c1-6-8-10-12-14-16-18-20-22-23-24-25-26-27-28-29-30-31-32-33-34-35-36-37-38-40-42-44-46-48-50-52-58(62)59-56(55-66-67(63,64)65-54-53-60(3,4)5)57(61)51-49-47-45-43-41-39-21-19-17-15-13-11-9-7-2/h8,10,14,16,20,22,24-25,27-28,30-31,33-34,49,51,56-57,61H,6-7,9,11-13,15,17-19,21,23,26,29,32,35-48,50,52-55H2,1-5H3,(H-,59,62,63,64)/p+1/b10-8-,16-14-,22-20-,25-24-,28-27-,31-30-,34-33-,51-49+. The van der Waals surface area contributed by atoms with Crippen LogP contribution in [0, 0.1) is 0 Å². The Morgan fingerprint density at radius 3 is 1.31 bits per heavy atom. The lowest BCUT2D eigenvalue weighted by atomic mass is 10.0. The molecule has 0 aliphatic heterocycles. The van der Waals surface area contributed by atoms with Crippen molar-refractivity contribution in [3.8, 4) is 0 Å². The fourth-order valence-electron chi connectivity index (χ4n) is 7.32. The van der Waals surface area contributed by atoms with Gasteiger partial charge in [0.1, 0.15) is 13.2 Å². The highest BCUT2D eigenvalue weighted by molar-refractivity contribution is 7.47. The number of phosphoric acid groups is 1. The molecule has 3 N–H and O–H groups in total. The van der Waals surface area contributed by atoms with Crippen molar-refractivity contribution in [3.63, 3.8) is 0 Å². The van der Waals surface area contributed by atoms with E-state index < -0.39 is 20.0 Å². The van der Waals surface area contributed by atoms with Crippen LogP contribution in [-0.2, 0) is 18.4 Å². The highest BCUT2D eigenvalue weighted by Gasteiger charge is 2.27. The zero-order chi connectivity index (χ0) is 49.2. The monoisotopic (exact) mass is 956 g/mol. The number of likely N-dealkylation sites (N-methyl/N-ethyl adjacent to an activating group) is 1. The molecule has 0 rings (SSSR count). The number of carbonyl (C=O) groups excluding carboxylic acids is 1. The van der Waals surface area contributed by atoms with Crippen molar-refractivity contribution in [2.24, 2.45) is 0 Å². The van der Waals surface area contributed by atoms with E-state index in [2.05, 4.69) is 104 Å². The Bertz CT molecular complexity index is 1410. The van der Waals surface area contributed by atoms with Crippen LogP contribution in [0.15, 0.2) is 97.2 Å². The molecule has 9 heteroatoms. The van der Waals surface area contributed by atoms with E-state index in [4.69, 9.17) is 9.05 Å². The van der Waals surface area contributed by atoms with Gasteiger partial charge in [0.2, 0.25) is 5.91 Å². The van der Waals surface area contributed by atoms with Gasteiger partial charge in [0.25, 0.3) is 0 Å². The van der Waals surface area contributed by atoms with Crippen LogP contribution in [0.25, 0.3) is 0 Å². The minimum Gasteiger partial charge on any atom is -0.387 e. The molecule has 0 fully saturated rings. The Morgan fingerprint density at radius 2 is 0.896 bits per heavy atom. The highest BCUT2D eigenvalue weighted by Crippen LogP contribution is 2.43. The number of carbonyl (C=O) groups is 1. The SMILES string of the molecule is CC/C=C\C/C=C\C/C=C\C/C=C\C/C=C\C/C=C\C/C=C\CCCCCCCCCCCC(=O)NC(COP(=O)(O)OCC[N+](C)(C)C)C(O)/C=C/CCCCCCCCCCCCCC. The molecule has 0 spiro atoms. The number of nitrogens with one attached hydrogen (secondary N) is 1. The van der Waals surface area contributed by atoms with E-state index in [1.165, 1.54) is 103 Å². The van der Waals surface area contributed by atoms with Crippen LogP contribution in [0.5, 0.6) is 0 Å². The largest absolute Gasteiger partial charge is 0.472 e. The normalized spacial score (nSPS) is 14.8. The molecular formula is C58H104N2O6P+. The van der Waals surface area contributed by atoms with Crippen molar-refractivity contribution in [1.82, 2.24) is 5.32 Å². The van der Waals surface area contributed by atoms with Crippen molar-refractivity contribution in [3.05, 3.63) is 97.2 Å². The van der Waals surface area contributed by atoms with Gasteiger partial charge in [-0.3, -0.25) is 13.8 Å². The third kappa shape index (κ3) is 51.1. The van der Waals surface area contributed by atoms with Crippen molar-refractivity contribution in [2.75, 3.05) is 40.9 Å². The van der Waals surface area contributed by atoms with Crippen LogP contribution >= 0.6 is 7.82 Å². The number of aliphatic hydroxyl groups is 1. The van der Waals surface area contributed by atoms with E-state index in [1.807, 2.05) is 27.2 Å². The third-order valence-electron chi connectivity index (χ3n) is 11.6. The molecule has 0 bridgehead atoms. The lowest BCUT2D eigenvalue weighted by Gasteiger charge is -2.25. The summed E-state index contributed by atoms with van der Waals surface area (Å²) in [6.45, 7) is 4.68. The Morgan fingerprint density at radius 1 is 0.522 bits per heavy atom. The van der Waals surface area contributed by atoms with Crippen LogP contribution in [0.1, 0.15) is 213 Å². The lowest BCUT2D eigenvalue weighted by Crippen LogP contribution is -2.45. The molecule has 0 radical (unpaired) electrons. The number of hydrogen-bond donors (Lipinski definition) is 3. The van der Waals surface area contributed by atoms with Gasteiger partial charge in [0, 0.05) is 6.42 Å². The maximum absolute atomic E-state index is 12.9. The molecule has 0 aliphatic rings. The number of aliphatic hydroxyl groups excluding tert-OH is 1. The predicted molar refractivity (Wildman–Crippen MR) is 290 cm³/mol. The maximum Gasteiger partial charge on any atom is 0.472 e. The summed E-state index contributed by atoms with van der Waals surface area (Å²) in [5.41, 5.74) is 0. The van der Waals surface area contributed by atoms with Crippen LogP contribution < -0.4 is 5.32 Å². The smallest absolute Gasteiger partial charge is 0.387 e. The maximum atomic E-state index is 12.9. The van der Waals surface area contributed by atoms with E-state index in [0.29, 0.717) is 17.4 Å². The first-order valence-corrected chi connectivity index (χ1v) is 28.6. The van der Waals surface area contributed by atoms with Gasteiger partial charge in [-0.05, 0) is 77.0 Å². The number of nitrogens with zero attached hydrogens (tertiary/aromatic N) is 1.